The SMILES string of the molecule is COc1cc2c(CNc3ccccc3)ncnc2c(OC)c1OC. The van der Waals surface area contributed by atoms with Crippen LogP contribution in [0.4, 0.5) is 5.69 Å². The molecule has 0 aliphatic heterocycles. The van der Waals surface area contributed by atoms with E-state index in [2.05, 4.69) is 15.3 Å². The number of aromatic nitrogens is 2. The van der Waals surface area contributed by atoms with Crippen LogP contribution in [0.15, 0.2) is 42.7 Å². The maximum absolute atomic E-state index is 5.49. The van der Waals surface area contributed by atoms with Gasteiger partial charge in [0.25, 0.3) is 0 Å². The van der Waals surface area contributed by atoms with E-state index in [-0.39, 0.29) is 0 Å². The molecule has 0 aliphatic rings. The first-order valence-electron chi connectivity index (χ1n) is 7.50. The number of para-hydroxylation sites is 1. The van der Waals surface area contributed by atoms with Crippen molar-refractivity contribution in [3.05, 3.63) is 48.4 Å². The number of benzene rings is 2. The lowest BCUT2D eigenvalue weighted by Gasteiger charge is -2.15. The van der Waals surface area contributed by atoms with Crippen molar-refractivity contribution in [2.75, 3.05) is 26.6 Å². The van der Waals surface area contributed by atoms with Crippen molar-refractivity contribution in [1.29, 1.82) is 0 Å². The summed E-state index contributed by atoms with van der Waals surface area (Å²) in [4.78, 5) is 8.75. The third kappa shape index (κ3) is 2.90. The Morgan fingerprint density at radius 3 is 2.33 bits per heavy atom. The van der Waals surface area contributed by atoms with Gasteiger partial charge in [-0.05, 0) is 18.2 Å². The van der Waals surface area contributed by atoms with Gasteiger partial charge in [-0.15, -0.1) is 0 Å². The van der Waals surface area contributed by atoms with Crippen LogP contribution >= 0.6 is 0 Å². The Bertz CT molecular complexity index is 838. The Morgan fingerprint density at radius 1 is 0.917 bits per heavy atom. The van der Waals surface area contributed by atoms with E-state index in [1.807, 2.05) is 36.4 Å². The molecule has 0 amide bonds. The van der Waals surface area contributed by atoms with Crippen LogP contribution in [0.25, 0.3) is 10.9 Å². The molecule has 0 radical (unpaired) electrons. The first-order valence-corrected chi connectivity index (χ1v) is 7.50. The van der Waals surface area contributed by atoms with Gasteiger partial charge in [0, 0.05) is 11.1 Å². The third-order valence-corrected chi connectivity index (χ3v) is 3.75. The predicted octanol–water partition coefficient (Wildman–Crippen LogP) is 3.27. The Kier molecular flexibility index (Phi) is 4.65. The summed E-state index contributed by atoms with van der Waals surface area (Å²) in [7, 11) is 4.75. The molecule has 0 aliphatic carbocycles. The minimum Gasteiger partial charge on any atom is -0.493 e. The van der Waals surface area contributed by atoms with Gasteiger partial charge in [0.05, 0.1) is 33.6 Å². The van der Waals surface area contributed by atoms with Crippen LogP contribution in [0.5, 0.6) is 17.2 Å². The summed E-state index contributed by atoms with van der Waals surface area (Å²) in [5.41, 5.74) is 2.56. The summed E-state index contributed by atoms with van der Waals surface area (Å²) in [6.07, 6.45) is 1.53. The van der Waals surface area contributed by atoms with Crippen LogP contribution in [-0.2, 0) is 6.54 Å². The number of nitrogens with zero attached hydrogens (tertiary/aromatic N) is 2. The molecule has 1 aromatic heterocycles. The summed E-state index contributed by atoms with van der Waals surface area (Å²) < 4.78 is 16.3. The molecule has 24 heavy (non-hydrogen) atoms. The second-order valence-corrected chi connectivity index (χ2v) is 5.08. The summed E-state index contributed by atoms with van der Waals surface area (Å²) >= 11 is 0. The monoisotopic (exact) mass is 325 g/mol. The number of hydrogen-bond acceptors (Lipinski definition) is 6. The zero-order valence-corrected chi connectivity index (χ0v) is 13.9. The Hall–Kier alpha value is -3.02. The fourth-order valence-corrected chi connectivity index (χ4v) is 2.60. The molecule has 0 bridgehead atoms. The van der Waals surface area contributed by atoms with Crippen LogP contribution in [0.3, 0.4) is 0 Å². The van der Waals surface area contributed by atoms with Crippen LogP contribution in [0, 0.1) is 0 Å². The van der Waals surface area contributed by atoms with E-state index < -0.39 is 0 Å². The molecule has 0 fully saturated rings. The Balaban J connectivity index is 2.06. The standard InChI is InChI=1S/C18H19N3O3/c1-22-15-9-13-14(10-19-12-7-5-4-6-8-12)20-11-21-16(13)18(24-3)17(15)23-2/h4-9,11,19H,10H2,1-3H3. The first kappa shape index (κ1) is 15.9. The van der Waals surface area contributed by atoms with E-state index in [0.29, 0.717) is 29.3 Å². The van der Waals surface area contributed by atoms with E-state index in [1.54, 1.807) is 21.3 Å². The minimum atomic E-state index is 0.521. The van der Waals surface area contributed by atoms with E-state index >= 15 is 0 Å². The van der Waals surface area contributed by atoms with Crippen molar-refractivity contribution in [3.63, 3.8) is 0 Å². The van der Waals surface area contributed by atoms with E-state index in [0.717, 1.165) is 16.8 Å². The molecule has 1 heterocycles. The van der Waals surface area contributed by atoms with E-state index in [9.17, 15) is 0 Å². The highest BCUT2D eigenvalue weighted by molar-refractivity contribution is 5.91. The fourth-order valence-electron chi connectivity index (χ4n) is 2.60. The van der Waals surface area contributed by atoms with Gasteiger partial charge >= 0.3 is 0 Å². The van der Waals surface area contributed by atoms with Crippen molar-refractivity contribution in [2.45, 2.75) is 6.54 Å². The largest absolute Gasteiger partial charge is 0.493 e. The van der Waals surface area contributed by atoms with Gasteiger partial charge in [0.2, 0.25) is 5.75 Å². The topological polar surface area (TPSA) is 65.5 Å². The lowest BCUT2D eigenvalue weighted by atomic mass is 10.1. The number of fused-ring (bicyclic) bond motifs is 1. The molecule has 0 saturated heterocycles. The Morgan fingerprint density at radius 2 is 1.67 bits per heavy atom. The molecule has 6 nitrogen and oxygen atoms in total. The van der Waals surface area contributed by atoms with Crippen molar-refractivity contribution in [2.24, 2.45) is 0 Å². The molecule has 3 rings (SSSR count). The number of nitrogens with one attached hydrogen (secondary N) is 1. The highest BCUT2D eigenvalue weighted by atomic mass is 16.5. The highest BCUT2D eigenvalue weighted by Crippen LogP contribution is 2.42. The molecular weight excluding hydrogens is 306 g/mol. The average Bonchev–Trinajstić information content (AvgIpc) is 2.65. The molecule has 0 atom stereocenters. The molecule has 0 saturated carbocycles. The lowest BCUT2D eigenvalue weighted by Crippen LogP contribution is -2.04. The van der Waals surface area contributed by atoms with E-state index in [4.69, 9.17) is 14.2 Å². The van der Waals surface area contributed by atoms with Crippen LogP contribution in [-0.4, -0.2) is 31.3 Å². The maximum atomic E-state index is 5.49. The predicted molar refractivity (Wildman–Crippen MR) is 93.0 cm³/mol. The van der Waals surface area contributed by atoms with Crippen LogP contribution in [0.2, 0.25) is 0 Å². The van der Waals surface area contributed by atoms with E-state index in [1.165, 1.54) is 6.33 Å². The summed E-state index contributed by atoms with van der Waals surface area (Å²) in [5.74, 6) is 1.64. The van der Waals surface area contributed by atoms with Crippen molar-refractivity contribution < 1.29 is 14.2 Å². The van der Waals surface area contributed by atoms with Crippen molar-refractivity contribution in [1.82, 2.24) is 9.97 Å². The lowest BCUT2D eigenvalue weighted by molar-refractivity contribution is 0.327. The number of methoxy groups -OCH3 is 3. The molecule has 0 unspecified atom stereocenters. The fraction of sp³-hybridized carbons (Fsp3) is 0.222. The molecule has 124 valence electrons. The first-order chi connectivity index (χ1) is 11.8. The third-order valence-electron chi connectivity index (χ3n) is 3.75. The zero-order chi connectivity index (χ0) is 16.9. The number of rotatable bonds is 6. The smallest absolute Gasteiger partial charge is 0.205 e. The summed E-state index contributed by atoms with van der Waals surface area (Å²) in [5, 5.41) is 4.21. The van der Waals surface area contributed by atoms with Crippen LogP contribution < -0.4 is 19.5 Å². The van der Waals surface area contributed by atoms with Gasteiger partial charge < -0.3 is 19.5 Å². The van der Waals surface area contributed by atoms with Gasteiger partial charge in [0.15, 0.2) is 11.5 Å². The molecule has 0 spiro atoms. The van der Waals surface area contributed by atoms with Crippen molar-refractivity contribution >= 4 is 16.6 Å². The molecule has 1 N–H and O–H groups in total. The van der Waals surface area contributed by atoms with Gasteiger partial charge in [-0.1, -0.05) is 18.2 Å². The molecule has 6 heteroatoms. The second kappa shape index (κ2) is 7.04. The minimum absolute atomic E-state index is 0.521. The summed E-state index contributed by atoms with van der Waals surface area (Å²) in [6, 6.07) is 11.8. The Labute approximate surface area is 140 Å². The quantitative estimate of drug-likeness (QED) is 0.750. The molecular formula is C18H19N3O3. The van der Waals surface area contributed by atoms with Crippen molar-refractivity contribution in [3.8, 4) is 17.2 Å². The maximum Gasteiger partial charge on any atom is 0.205 e. The van der Waals surface area contributed by atoms with Gasteiger partial charge in [-0.25, -0.2) is 9.97 Å². The average molecular weight is 325 g/mol. The highest BCUT2D eigenvalue weighted by Gasteiger charge is 2.19. The second-order valence-electron chi connectivity index (χ2n) is 5.08. The van der Waals surface area contributed by atoms with Crippen LogP contribution in [0.1, 0.15) is 5.69 Å². The summed E-state index contributed by atoms with van der Waals surface area (Å²) in [6.45, 7) is 0.557. The number of anilines is 1. The zero-order valence-electron chi connectivity index (χ0n) is 13.9. The molecule has 2 aromatic carbocycles. The number of ether oxygens (including phenoxy) is 3. The number of hydrogen-bond donors (Lipinski definition) is 1. The molecule has 3 aromatic rings. The van der Waals surface area contributed by atoms with Gasteiger partial charge in [-0.2, -0.15) is 0 Å². The van der Waals surface area contributed by atoms with Gasteiger partial charge in [-0.3, -0.25) is 0 Å². The van der Waals surface area contributed by atoms with Gasteiger partial charge in [0.1, 0.15) is 11.8 Å². The normalized spacial score (nSPS) is 10.5.